The second-order valence-electron chi connectivity index (χ2n) is 5.26. The van der Waals surface area contributed by atoms with Crippen molar-refractivity contribution in [2.75, 3.05) is 26.3 Å². The molecule has 0 radical (unpaired) electrons. The van der Waals surface area contributed by atoms with Crippen LogP contribution in [0.25, 0.3) is 10.1 Å². The zero-order chi connectivity index (χ0) is 19.2. The Bertz CT molecular complexity index is 953. The number of hydrogen-bond donors (Lipinski definition) is 2. The summed E-state index contributed by atoms with van der Waals surface area (Å²) in [6, 6.07) is 0. The Hall–Kier alpha value is -2.70. The summed E-state index contributed by atoms with van der Waals surface area (Å²) in [4.78, 5) is 34.5. The van der Waals surface area contributed by atoms with E-state index in [1.165, 1.54) is 4.90 Å². The van der Waals surface area contributed by atoms with Gasteiger partial charge in [-0.05, 0) is 0 Å². The number of morpholine rings is 1. The second kappa shape index (κ2) is 6.55. The highest BCUT2D eigenvalue weighted by Gasteiger charge is 2.38. The molecule has 138 valence electrons. The number of rotatable bonds is 3. The van der Waals surface area contributed by atoms with Crippen molar-refractivity contribution in [3.05, 3.63) is 30.1 Å². The van der Waals surface area contributed by atoms with Crippen LogP contribution in [0.5, 0.6) is 11.5 Å². The molecule has 1 amide bonds. The zero-order valence-corrected chi connectivity index (χ0v) is 14.4. The third-order valence-electron chi connectivity index (χ3n) is 3.83. The van der Waals surface area contributed by atoms with Gasteiger partial charge < -0.3 is 19.8 Å². The molecule has 2 aromatic rings. The molecule has 11 nitrogen and oxygen atoms in total. The second-order valence-corrected chi connectivity index (χ2v) is 6.66. The lowest BCUT2D eigenvalue weighted by molar-refractivity contribution is -0.387. The summed E-state index contributed by atoms with van der Waals surface area (Å²) in [5.74, 6) is -3.10. The molecule has 0 saturated carbocycles. The van der Waals surface area contributed by atoms with E-state index in [-0.39, 0.29) is 27.7 Å². The first-order valence-electron chi connectivity index (χ1n) is 7.11. The number of aromatic hydroxyl groups is 2. The molecule has 3 rings (SSSR count). The maximum atomic E-state index is 12.7. The Balaban J connectivity index is 2.31. The average molecular weight is 404 g/mol. The fourth-order valence-electron chi connectivity index (χ4n) is 2.63. The fraction of sp³-hybridized carbons (Fsp3) is 0.308. The number of benzene rings is 1. The van der Waals surface area contributed by atoms with Gasteiger partial charge in [-0.15, -0.1) is 11.3 Å². The van der Waals surface area contributed by atoms with Crippen LogP contribution in [0.4, 0.5) is 11.4 Å². The predicted molar refractivity (Wildman–Crippen MR) is 90.2 cm³/mol. The lowest BCUT2D eigenvalue weighted by Crippen LogP contribution is -2.40. The minimum atomic E-state index is -1.28. The number of nitro benzene ring substituents is 2. The highest BCUT2D eigenvalue weighted by molar-refractivity contribution is 7.22. The number of ether oxygens (including phenoxy) is 1. The largest absolute Gasteiger partial charge is 0.499 e. The Morgan fingerprint density at radius 2 is 1.65 bits per heavy atom. The molecule has 0 atom stereocenters. The van der Waals surface area contributed by atoms with Crippen molar-refractivity contribution in [3.8, 4) is 11.5 Å². The number of phenols is 2. The summed E-state index contributed by atoms with van der Waals surface area (Å²) in [6.07, 6.45) is 0. The summed E-state index contributed by atoms with van der Waals surface area (Å²) in [5.41, 5.74) is -1.94. The summed E-state index contributed by atoms with van der Waals surface area (Å²) in [6.45, 7) is 1.14. The van der Waals surface area contributed by atoms with Gasteiger partial charge in [0.05, 0.1) is 28.1 Å². The molecule has 0 unspecified atom stereocenters. The number of amides is 1. The van der Waals surface area contributed by atoms with Crippen molar-refractivity contribution in [3.63, 3.8) is 0 Å². The number of carbonyl (C=O) groups is 1. The number of carbonyl (C=O) groups excluding carboxylic acids is 1. The highest BCUT2D eigenvalue weighted by atomic mass is 35.5. The summed E-state index contributed by atoms with van der Waals surface area (Å²) in [5, 5.41) is 41.4. The summed E-state index contributed by atoms with van der Waals surface area (Å²) < 4.78 is 4.78. The topological polar surface area (TPSA) is 156 Å². The summed E-state index contributed by atoms with van der Waals surface area (Å²) in [7, 11) is 0. The SMILES string of the molecule is O=C(c1sc2c([N+](=O)[O-])c(O)c(O)c([N+](=O)[O-])c2c1Cl)N1CCOCC1. The van der Waals surface area contributed by atoms with Gasteiger partial charge in [0.15, 0.2) is 0 Å². The Kier molecular flexibility index (Phi) is 4.56. The third kappa shape index (κ3) is 2.67. The van der Waals surface area contributed by atoms with E-state index in [0.29, 0.717) is 24.6 Å². The van der Waals surface area contributed by atoms with Crippen molar-refractivity contribution in [2.45, 2.75) is 0 Å². The highest BCUT2D eigenvalue weighted by Crippen LogP contribution is 2.54. The monoisotopic (exact) mass is 403 g/mol. The first-order chi connectivity index (χ1) is 12.3. The van der Waals surface area contributed by atoms with Crippen LogP contribution in [0.15, 0.2) is 0 Å². The van der Waals surface area contributed by atoms with Crippen LogP contribution in [-0.2, 0) is 4.74 Å². The van der Waals surface area contributed by atoms with Gasteiger partial charge in [0.2, 0.25) is 11.5 Å². The standard InChI is InChI=1S/C13H10ClN3O8S/c14-6-5-7(16(21)22)9(18)10(19)8(17(23)24)11(5)26-12(6)13(20)15-1-3-25-4-2-15/h18-19H,1-4H2. The maximum Gasteiger partial charge on any atom is 0.332 e. The fourth-order valence-corrected chi connectivity index (χ4v) is 4.25. The molecular weight excluding hydrogens is 394 g/mol. The maximum absolute atomic E-state index is 12.7. The number of halogens is 1. The van der Waals surface area contributed by atoms with Crippen LogP contribution in [0.2, 0.25) is 5.02 Å². The Morgan fingerprint density at radius 1 is 1.12 bits per heavy atom. The predicted octanol–water partition coefficient (Wildman–Crippen LogP) is 2.25. The zero-order valence-electron chi connectivity index (χ0n) is 12.8. The van der Waals surface area contributed by atoms with Gasteiger partial charge in [0, 0.05) is 13.1 Å². The quantitative estimate of drug-likeness (QED) is 0.448. The van der Waals surface area contributed by atoms with Crippen LogP contribution < -0.4 is 0 Å². The van der Waals surface area contributed by atoms with Gasteiger partial charge in [-0.2, -0.15) is 0 Å². The van der Waals surface area contributed by atoms with Gasteiger partial charge in [-0.25, -0.2) is 0 Å². The van der Waals surface area contributed by atoms with Gasteiger partial charge >= 0.3 is 11.4 Å². The van der Waals surface area contributed by atoms with E-state index in [1.54, 1.807) is 0 Å². The van der Waals surface area contributed by atoms with Gasteiger partial charge in [0.1, 0.15) is 15.0 Å². The molecule has 1 aromatic heterocycles. The van der Waals surface area contributed by atoms with Crippen LogP contribution >= 0.6 is 22.9 Å². The van der Waals surface area contributed by atoms with Crippen molar-refractivity contribution < 1.29 is 29.6 Å². The minimum Gasteiger partial charge on any atom is -0.499 e. The molecule has 13 heteroatoms. The molecule has 0 spiro atoms. The number of fused-ring (bicyclic) bond motifs is 1. The average Bonchev–Trinajstić information content (AvgIpc) is 2.92. The van der Waals surface area contributed by atoms with Gasteiger partial charge in [0.25, 0.3) is 5.91 Å². The lowest BCUT2D eigenvalue weighted by atomic mass is 10.1. The third-order valence-corrected chi connectivity index (χ3v) is 5.51. The molecule has 1 saturated heterocycles. The van der Waals surface area contributed by atoms with Crippen LogP contribution in [0.1, 0.15) is 9.67 Å². The number of thiophene rings is 1. The van der Waals surface area contributed by atoms with Gasteiger partial charge in [-0.3, -0.25) is 25.0 Å². The molecule has 1 fully saturated rings. The Morgan fingerprint density at radius 3 is 2.19 bits per heavy atom. The van der Waals surface area contributed by atoms with E-state index in [9.17, 15) is 35.2 Å². The summed E-state index contributed by atoms with van der Waals surface area (Å²) >= 11 is 6.69. The van der Waals surface area contributed by atoms with Crippen LogP contribution in [-0.4, -0.2) is 57.2 Å². The minimum absolute atomic E-state index is 0.153. The Labute approximate surface area is 153 Å². The smallest absolute Gasteiger partial charge is 0.332 e. The van der Waals surface area contributed by atoms with Crippen molar-refractivity contribution in [1.82, 2.24) is 4.90 Å². The van der Waals surface area contributed by atoms with E-state index in [2.05, 4.69) is 0 Å². The van der Waals surface area contributed by atoms with Crippen molar-refractivity contribution in [2.24, 2.45) is 0 Å². The van der Waals surface area contributed by atoms with E-state index in [1.807, 2.05) is 0 Å². The molecule has 26 heavy (non-hydrogen) atoms. The molecule has 2 heterocycles. The molecule has 1 aliphatic rings. The molecule has 0 aliphatic carbocycles. The first-order valence-corrected chi connectivity index (χ1v) is 8.30. The normalized spacial score (nSPS) is 14.6. The first kappa shape index (κ1) is 18.1. The molecule has 2 N–H and O–H groups in total. The molecule has 0 bridgehead atoms. The van der Waals surface area contributed by atoms with E-state index in [0.717, 1.165) is 0 Å². The number of phenolic OH excluding ortho intramolecular Hbond substituents is 2. The van der Waals surface area contributed by atoms with Crippen molar-refractivity contribution in [1.29, 1.82) is 0 Å². The number of hydrogen-bond acceptors (Lipinski definition) is 9. The van der Waals surface area contributed by atoms with Crippen molar-refractivity contribution >= 4 is 50.3 Å². The van der Waals surface area contributed by atoms with E-state index in [4.69, 9.17) is 16.3 Å². The van der Waals surface area contributed by atoms with Gasteiger partial charge in [-0.1, -0.05) is 11.6 Å². The van der Waals surface area contributed by atoms with E-state index < -0.39 is 44.0 Å². The molecule has 1 aromatic carbocycles. The molecule has 1 aliphatic heterocycles. The van der Waals surface area contributed by atoms with Crippen LogP contribution in [0, 0.1) is 20.2 Å². The van der Waals surface area contributed by atoms with E-state index >= 15 is 0 Å². The van der Waals surface area contributed by atoms with Crippen LogP contribution in [0.3, 0.4) is 0 Å². The number of nitro groups is 2. The molecular formula is C13H10ClN3O8S. The lowest BCUT2D eigenvalue weighted by Gasteiger charge is -2.26. The number of nitrogens with zero attached hydrogens (tertiary/aromatic N) is 3.